The Labute approximate surface area is 238 Å². The van der Waals surface area contributed by atoms with Gasteiger partial charge >= 0.3 is 6.09 Å². The van der Waals surface area contributed by atoms with Crippen LogP contribution in [-0.4, -0.2) is 67.4 Å². The molecule has 3 heterocycles. The van der Waals surface area contributed by atoms with Crippen LogP contribution >= 0.6 is 0 Å². The van der Waals surface area contributed by atoms with E-state index < -0.39 is 6.09 Å². The number of pyridine rings is 1. The van der Waals surface area contributed by atoms with Crippen LogP contribution in [0.2, 0.25) is 0 Å². The minimum absolute atomic E-state index is 0.0371. The van der Waals surface area contributed by atoms with Gasteiger partial charge in [0.1, 0.15) is 5.75 Å². The number of amides is 1. The maximum absolute atomic E-state index is 11.4. The minimum atomic E-state index is -0.911. The van der Waals surface area contributed by atoms with Gasteiger partial charge in [-0.3, -0.25) is 0 Å². The van der Waals surface area contributed by atoms with Crippen molar-refractivity contribution in [3.05, 3.63) is 66.5 Å². The lowest BCUT2D eigenvalue weighted by atomic mass is 10.0. The summed E-state index contributed by atoms with van der Waals surface area (Å²) in [6.07, 6.45) is 6.52. The number of nitrogens with one attached hydrogen (secondary N) is 2. The second kappa shape index (κ2) is 11.6. The van der Waals surface area contributed by atoms with E-state index in [4.69, 9.17) is 9.72 Å². The van der Waals surface area contributed by atoms with Crippen LogP contribution in [0.1, 0.15) is 37.7 Å². The fraction of sp³-hybridized carbons (Fsp3) is 0.355. The lowest BCUT2D eigenvalue weighted by molar-refractivity contribution is 0.132. The van der Waals surface area contributed by atoms with E-state index >= 15 is 0 Å². The predicted molar refractivity (Wildman–Crippen MR) is 158 cm³/mol. The molecule has 0 bridgehead atoms. The Hall–Kier alpha value is -4.44. The summed E-state index contributed by atoms with van der Waals surface area (Å²) in [7, 11) is 0. The normalized spacial score (nSPS) is 20.6. The van der Waals surface area contributed by atoms with Crippen molar-refractivity contribution in [2.24, 2.45) is 0 Å². The molecule has 2 aromatic carbocycles. The number of carboxylic acid groups (broad SMARTS) is 1. The lowest BCUT2D eigenvalue weighted by Crippen LogP contribution is -2.44. The zero-order valence-electron chi connectivity index (χ0n) is 23.0. The zero-order valence-corrected chi connectivity index (χ0v) is 23.0. The Bertz CT molecular complexity index is 1560. The predicted octanol–water partition coefficient (Wildman–Crippen LogP) is 5.67. The fourth-order valence-corrected chi connectivity index (χ4v) is 5.80. The Balaban J connectivity index is 1.28. The largest absolute Gasteiger partial charge is 0.465 e. The monoisotopic (exact) mass is 554 g/mol. The van der Waals surface area contributed by atoms with Gasteiger partial charge in [-0.15, -0.1) is 0 Å². The molecule has 2 fully saturated rings. The van der Waals surface area contributed by atoms with Gasteiger partial charge in [0.2, 0.25) is 11.8 Å². The fourth-order valence-electron chi connectivity index (χ4n) is 5.80. The summed E-state index contributed by atoms with van der Waals surface area (Å²) in [5.41, 5.74) is 3.30. The van der Waals surface area contributed by atoms with Crippen LogP contribution < -0.4 is 15.4 Å². The van der Waals surface area contributed by atoms with Crippen molar-refractivity contribution < 1.29 is 19.7 Å². The first kappa shape index (κ1) is 26.8. The first-order chi connectivity index (χ1) is 20.0. The van der Waals surface area contributed by atoms with Crippen molar-refractivity contribution in [2.45, 2.75) is 57.2 Å². The van der Waals surface area contributed by atoms with Gasteiger partial charge < -0.3 is 30.5 Å². The number of carbonyl (C=O) groups is 1. The molecule has 10 nitrogen and oxygen atoms in total. The van der Waals surface area contributed by atoms with E-state index in [1.807, 2.05) is 49.4 Å². The summed E-state index contributed by atoms with van der Waals surface area (Å²) >= 11 is 0. The molecule has 0 radical (unpaired) electrons. The number of hydrogen-bond acceptors (Lipinski definition) is 8. The van der Waals surface area contributed by atoms with Gasteiger partial charge in [-0.1, -0.05) is 24.3 Å². The molecular formula is C31H34N6O4. The molecule has 41 heavy (non-hydrogen) atoms. The number of benzene rings is 2. The van der Waals surface area contributed by atoms with Gasteiger partial charge in [-0.05, 0) is 68.9 Å². The third-order valence-electron chi connectivity index (χ3n) is 7.96. The molecule has 1 aliphatic carbocycles. The number of fused-ring (bicyclic) bond motifs is 1. The van der Waals surface area contributed by atoms with E-state index in [0.717, 1.165) is 54.1 Å². The molecular weight excluding hydrogens is 520 g/mol. The quantitative estimate of drug-likeness (QED) is 0.228. The minimum Gasteiger partial charge on any atom is -0.465 e. The van der Waals surface area contributed by atoms with Crippen molar-refractivity contribution in [2.75, 3.05) is 23.7 Å². The Morgan fingerprint density at radius 2 is 1.88 bits per heavy atom. The van der Waals surface area contributed by atoms with Crippen LogP contribution in [-0.2, 0) is 0 Å². The smallest absolute Gasteiger partial charge is 0.407 e. The number of aryl methyl sites for hydroxylation is 1. The molecule has 2 aromatic heterocycles. The molecule has 0 spiro atoms. The van der Waals surface area contributed by atoms with Gasteiger partial charge in [0.25, 0.3) is 0 Å². The first-order valence-electron chi connectivity index (χ1n) is 14.1. The van der Waals surface area contributed by atoms with Gasteiger partial charge in [-0.25, -0.2) is 19.7 Å². The lowest BCUT2D eigenvalue weighted by Gasteiger charge is -2.31. The summed E-state index contributed by atoms with van der Waals surface area (Å²) in [6, 6.07) is 15.7. The van der Waals surface area contributed by atoms with Crippen LogP contribution in [0.15, 0.2) is 60.9 Å². The molecule has 2 aliphatic rings. The maximum Gasteiger partial charge on any atom is 0.407 e. The summed E-state index contributed by atoms with van der Waals surface area (Å²) in [5.74, 6) is 1.56. The van der Waals surface area contributed by atoms with Crippen molar-refractivity contribution in [1.82, 2.24) is 19.9 Å². The zero-order chi connectivity index (χ0) is 28.3. The van der Waals surface area contributed by atoms with Crippen molar-refractivity contribution >= 4 is 28.5 Å². The summed E-state index contributed by atoms with van der Waals surface area (Å²) < 4.78 is 6.54. The molecule has 3 unspecified atom stereocenters. The van der Waals surface area contributed by atoms with E-state index in [-0.39, 0.29) is 18.2 Å². The second-order valence-electron chi connectivity index (χ2n) is 10.8. The van der Waals surface area contributed by atoms with Crippen molar-refractivity contribution in [3.8, 4) is 22.9 Å². The van der Waals surface area contributed by atoms with Gasteiger partial charge in [0.05, 0.1) is 23.4 Å². The van der Waals surface area contributed by atoms with Gasteiger partial charge in [0, 0.05) is 48.0 Å². The molecule has 1 amide bonds. The Kier molecular flexibility index (Phi) is 7.56. The molecule has 1 saturated heterocycles. The van der Waals surface area contributed by atoms with Crippen LogP contribution in [0.5, 0.6) is 11.6 Å². The molecule has 3 atom stereocenters. The van der Waals surface area contributed by atoms with Crippen LogP contribution in [0.3, 0.4) is 0 Å². The molecule has 1 aliphatic heterocycles. The Morgan fingerprint density at radius 1 is 0.976 bits per heavy atom. The standard InChI is InChI=1S/C31H34N6O4/c1-19-12-13-21-22(7-2-9-24(21)35-26-10-3-11-27(26)38)28(19)41-29-23(8-4-15-32-29)25-14-16-33-30(36-25)34-20-6-5-17-37(18-20)31(39)40/h2,4,7-9,12-16,20,26-27,35,38H,3,5-6,10-11,17-18H2,1H3,(H,39,40)(H,33,34,36). The van der Waals surface area contributed by atoms with E-state index in [1.54, 1.807) is 12.4 Å². The van der Waals surface area contributed by atoms with Gasteiger partial charge in [-0.2, -0.15) is 0 Å². The number of anilines is 2. The first-order valence-corrected chi connectivity index (χ1v) is 14.1. The van der Waals surface area contributed by atoms with E-state index in [9.17, 15) is 15.0 Å². The number of piperidine rings is 1. The highest BCUT2D eigenvalue weighted by Gasteiger charge is 2.26. The molecule has 4 N–H and O–H groups in total. The Morgan fingerprint density at radius 3 is 2.71 bits per heavy atom. The third kappa shape index (κ3) is 5.74. The van der Waals surface area contributed by atoms with Crippen LogP contribution in [0, 0.1) is 6.92 Å². The highest BCUT2D eigenvalue weighted by molar-refractivity contribution is 5.98. The number of rotatable bonds is 7. The highest BCUT2D eigenvalue weighted by Crippen LogP contribution is 2.39. The van der Waals surface area contributed by atoms with Crippen molar-refractivity contribution in [3.63, 3.8) is 0 Å². The molecule has 212 valence electrons. The number of ether oxygens (including phenoxy) is 1. The molecule has 1 saturated carbocycles. The number of likely N-dealkylation sites (tertiary alicyclic amines) is 1. The molecule has 4 aromatic rings. The topological polar surface area (TPSA) is 133 Å². The summed E-state index contributed by atoms with van der Waals surface area (Å²) in [6.45, 7) is 2.94. The summed E-state index contributed by atoms with van der Waals surface area (Å²) in [4.78, 5) is 26.5. The second-order valence-corrected chi connectivity index (χ2v) is 10.8. The number of aliphatic hydroxyl groups is 1. The maximum atomic E-state index is 11.4. The third-order valence-corrected chi connectivity index (χ3v) is 7.96. The van der Waals surface area contributed by atoms with Crippen molar-refractivity contribution in [1.29, 1.82) is 0 Å². The number of hydrogen-bond donors (Lipinski definition) is 4. The van der Waals surface area contributed by atoms with Crippen LogP contribution in [0.4, 0.5) is 16.4 Å². The average molecular weight is 555 g/mol. The average Bonchev–Trinajstić information content (AvgIpc) is 3.39. The summed E-state index contributed by atoms with van der Waals surface area (Å²) in [5, 5.41) is 28.6. The van der Waals surface area contributed by atoms with Gasteiger partial charge in [0.15, 0.2) is 0 Å². The number of aromatic nitrogens is 3. The highest BCUT2D eigenvalue weighted by atomic mass is 16.5. The van der Waals surface area contributed by atoms with E-state index in [1.165, 1.54) is 4.90 Å². The molecule has 6 rings (SSSR count). The van der Waals surface area contributed by atoms with Crippen LogP contribution in [0.25, 0.3) is 22.0 Å². The SMILES string of the molecule is Cc1ccc2c(NC3CCCC3O)cccc2c1Oc1ncccc1-c1ccnc(NC2CCCN(C(=O)O)C2)n1. The number of nitrogens with zero attached hydrogens (tertiary/aromatic N) is 4. The molecule has 10 heteroatoms. The van der Waals surface area contributed by atoms with E-state index in [0.29, 0.717) is 41.9 Å². The number of aliphatic hydroxyl groups excluding tert-OH is 1. The van der Waals surface area contributed by atoms with E-state index in [2.05, 4.69) is 26.7 Å².